The SMILES string of the molecule is CC/C=C\C/C=C\C/C=C\C/C=C\C/C=C\C/C=C\C/C=C\CCCCCCOCC(COC1OC(CO)C(O)C(OS(=O)(=O)O)C1O)OC(=O)CCCCC/C=C\C/C=C\C/C=C\C/C=C\C/C=C\CC. The largest absolute Gasteiger partial charge is 0.457 e. The number of aliphatic hydroxyl groups excluding tert-OH is 3. The Morgan fingerprint density at radius 2 is 0.917 bits per heavy atom. The number of aliphatic hydroxyl groups is 3. The zero-order valence-electron chi connectivity index (χ0n) is 43.7. The fourth-order valence-electron chi connectivity index (χ4n) is 7.03. The average Bonchev–Trinajstić information content (AvgIpc) is 3.36. The molecule has 0 saturated carbocycles. The third-order valence-electron chi connectivity index (χ3n) is 11.0. The van der Waals surface area contributed by atoms with Gasteiger partial charge in [-0.1, -0.05) is 179 Å². The summed E-state index contributed by atoms with van der Waals surface area (Å²) < 4.78 is 59.2. The van der Waals surface area contributed by atoms with Gasteiger partial charge in [0, 0.05) is 13.0 Å². The van der Waals surface area contributed by atoms with Crippen LogP contribution < -0.4 is 0 Å². The first-order valence-electron chi connectivity index (χ1n) is 26.6. The summed E-state index contributed by atoms with van der Waals surface area (Å²) in [6, 6.07) is 0. The molecule has 0 bridgehead atoms. The summed E-state index contributed by atoms with van der Waals surface area (Å²) in [6.07, 6.45) is 63.0. The number of rotatable bonds is 44. The molecule has 0 aromatic rings. The van der Waals surface area contributed by atoms with Crippen molar-refractivity contribution in [2.24, 2.45) is 0 Å². The van der Waals surface area contributed by atoms with Crippen LogP contribution in [0.4, 0.5) is 0 Å². The zero-order valence-corrected chi connectivity index (χ0v) is 44.5. The highest BCUT2D eigenvalue weighted by molar-refractivity contribution is 7.80. The van der Waals surface area contributed by atoms with Crippen molar-refractivity contribution in [3.05, 3.63) is 146 Å². The van der Waals surface area contributed by atoms with Gasteiger partial charge in [0.1, 0.15) is 30.5 Å². The van der Waals surface area contributed by atoms with Crippen LogP contribution in [0.1, 0.15) is 155 Å². The van der Waals surface area contributed by atoms with Gasteiger partial charge in [0.05, 0.1) is 19.8 Å². The van der Waals surface area contributed by atoms with Gasteiger partial charge in [0.25, 0.3) is 0 Å². The summed E-state index contributed by atoms with van der Waals surface area (Å²) in [4.78, 5) is 12.9. The third-order valence-corrected chi connectivity index (χ3v) is 11.4. The Hall–Kier alpha value is -4.02. The molecule has 1 aliphatic rings. The van der Waals surface area contributed by atoms with Gasteiger partial charge in [0.2, 0.25) is 0 Å². The van der Waals surface area contributed by atoms with Gasteiger partial charge in [-0.25, -0.2) is 4.18 Å². The summed E-state index contributed by atoms with van der Waals surface area (Å²) in [7, 11) is -5.09. The first-order chi connectivity index (χ1) is 35.1. The topological polar surface area (TPSA) is 178 Å². The second-order valence-corrected chi connectivity index (χ2v) is 18.4. The van der Waals surface area contributed by atoms with Crippen LogP contribution in [0.5, 0.6) is 0 Å². The number of unbranched alkanes of at least 4 members (excludes halogenated alkanes) is 7. The highest BCUT2D eigenvalue weighted by atomic mass is 32.3. The minimum absolute atomic E-state index is 0.00698. The van der Waals surface area contributed by atoms with Crippen molar-refractivity contribution in [1.29, 1.82) is 0 Å². The van der Waals surface area contributed by atoms with Crippen molar-refractivity contribution in [3.8, 4) is 0 Å². The quantitative estimate of drug-likeness (QED) is 0.0197. The molecule has 1 saturated heterocycles. The van der Waals surface area contributed by atoms with E-state index in [0.717, 1.165) is 128 Å². The predicted octanol–water partition coefficient (Wildman–Crippen LogP) is 12.9. The van der Waals surface area contributed by atoms with E-state index in [-0.39, 0.29) is 19.6 Å². The molecule has 0 aromatic heterocycles. The van der Waals surface area contributed by atoms with Gasteiger partial charge < -0.3 is 34.3 Å². The summed E-state index contributed by atoms with van der Waals surface area (Å²) in [5.41, 5.74) is 0. The number of esters is 1. The fourth-order valence-corrected chi connectivity index (χ4v) is 7.54. The minimum atomic E-state index is -5.09. The van der Waals surface area contributed by atoms with Gasteiger partial charge in [0.15, 0.2) is 6.29 Å². The van der Waals surface area contributed by atoms with Crippen LogP contribution in [0.3, 0.4) is 0 Å². The van der Waals surface area contributed by atoms with Crippen LogP contribution in [0.2, 0.25) is 0 Å². The van der Waals surface area contributed by atoms with E-state index in [0.29, 0.717) is 13.0 Å². The summed E-state index contributed by atoms with van der Waals surface area (Å²) in [5.74, 6) is -0.447. The normalized spacial score (nSPS) is 20.1. The lowest BCUT2D eigenvalue weighted by Gasteiger charge is -2.41. The smallest absolute Gasteiger partial charge is 0.397 e. The highest BCUT2D eigenvalue weighted by Crippen LogP contribution is 2.26. The average molecular weight is 1030 g/mol. The molecule has 12 nitrogen and oxygen atoms in total. The molecule has 0 amide bonds. The van der Waals surface area contributed by atoms with Gasteiger partial charge >= 0.3 is 16.4 Å². The molecule has 1 fully saturated rings. The Kier molecular flexibility index (Phi) is 44.0. The number of ether oxygens (including phenoxy) is 4. The maximum Gasteiger partial charge on any atom is 0.397 e. The lowest BCUT2D eigenvalue weighted by atomic mass is 9.99. The van der Waals surface area contributed by atoms with Crippen LogP contribution in [-0.4, -0.2) is 97.5 Å². The van der Waals surface area contributed by atoms with Crippen molar-refractivity contribution < 1.29 is 56.2 Å². The molecule has 4 N–H and O–H groups in total. The maximum atomic E-state index is 12.9. The number of hydrogen-bond donors (Lipinski definition) is 4. The predicted molar refractivity (Wildman–Crippen MR) is 293 cm³/mol. The van der Waals surface area contributed by atoms with Crippen LogP contribution >= 0.6 is 0 Å². The van der Waals surface area contributed by atoms with Crippen LogP contribution in [0.25, 0.3) is 0 Å². The van der Waals surface area contributed by atoms with Gasteiger partial charge in [-0.15, -0.1) is 0 Å². The molecule has 6 atom stereocenters. The standard InChI is InChI=1S/C59H92O12S/c1-3-5-7-9-11-13-15-17-19-21-23-24-25-26-27-28-29-31-33-35-37-39-41-43-45-47-49-67-51-53(52-68-59-57(63)58(71-72(64,65)66)56(62)54(50-60)70-59)69-55(61)48-46-44-42-40-38-36-34-32-30-22-20-18-16-14-12-10-8-6-4-2/h5-8,11-14,17-20,23-24,26-27,29-32,35-38,53-54,56-60,62-63H,3-4,9-10,15-16,21-22,25,28,33-34,39-52H2,1-2H3,(H,64,65,66)/b7-5-,8-6-,13-11-,14-12-,19-17-,20-18-,24-23-,27-26-,31-29-,32-30-,37-35-,38-36-. The Balaban J connectivity index is 2.41. The fraction of sp³-hybridized carbons (Fsp3) is 0.576. The molecule has 13 heteroatoms. The molecule has 72 heavy (non-hydrogen) atoms. The third kappa shape index (κ3) is 40.5. The summed E-state index contributed by atoms with van der Waals surface area (Å²) >= 11 is 0. The molecule has 1 aliphatic heterocycles. The molecular weight excluding hydrogens is 933 g/mol. The summed E-state index contributed by atoms with van der Waals surface area (Å²) in [5, 5.41) is 30.8. The molecule has 0 aliphatic carbocycles. The van der Waals surface area contributed by atoms with Gasteiger partial charge in [-0.3, -0.25) is 9.35 Å². The zero-order chi connectivity index (χ0) is 52.4. The Labute approximate surface area is 435 Å². The number of allylic oxidation sites excluding steroid dienone is 24. The lowest BCUT2D eigenvalue weighted by Crippen LogP contribution is -2.60. The van der Waals surface area contributed by atoms with Crippen LogP contribution in [0, 0.1) is 0 Å². The lowest BCUT2D eigenvalue weighted by molar-refractivity contribution is -0.301. The first kappa shape index (κ1) is 66.0. The molecule has 406 valence electrons. The monoisotopic (exact) mass is 1020 g/mol. The Morgan fingerprint density at radius 3 is 1.32 bits per heavy atom. The van der Waals surface area contributed by atoms with Crippen LogP contribution in [-0.2, 0) is 38.3 Å². The van der Waals surface area contributed by atoms with E-state index in [9.17, 15) is 33.1 Å². The molecular formula is C59H92O12S. The van der Waals surface area contributed by atoms with E-state index in [1.165, 1.54) is 0 Å². The van der Waals surface area contributed by atoms with Gasteiger partial charge in [-0.2, -0.15) is 8.42 Å². The second-order valence-electron chi connectivity index (χ2n) is 17.3. The van der Waals surface area contributed by atoms with Gasteiger partial charge in [-0.05, 0) is 116 Å². The van der Waals surface area contributed by atoms with E-state index in [2.05, 4.69) is 164 Å². The molecule has 0 radical (unpaired) electrons. The Morgan fingerprint density at radius 1 is 0.528 bits per heavy atom. The molecule has 6 unspecified atom stereocenters. The van der Waals surface area contributed by atoms with E-state index in [1.54, 1.807) is 0 Å². The van der Waals surface area contributed by atoms with Crippen molar-refractivity contribution in [2.75, 3.05) is 26.4 Å². The van der Waals surface area contributed by atoms with Crippen molar-refractivity contribution in [2.45, 2.75) is 192 Å². The van der Waals surface area contributed by atoms with E-state index < -0.39 is 59.8 Å². The van der Waals surface area contributed by atoms with Crippen molar-refractivity contribution in [3.63, 3.8) is 0 Å². The second kappa shape index (κ2) is 48.0. The van der Waals surface area contributed by atoms with E-state index >= 15 is 0 Å². The summed E-state index contributed by atoms with van der Waals surface area (Å²) in [6.45, 7) is 3.63. The van der Waals surface area contributed by atoms with E-state index in [1.807, 2.05) is 0 Å². The molecule has 1 rings (SSSR count). The highest BCUT2D eigenvalue weighted by Gasteiger charge is 2.48. The number of carbonyl (C=O) groups excluding carboxylic acids is 1. The Bertz CT molecular complexity index is 1800. The van der Waals surface area contributed by atoms with Crippen molar-refractivity contribution in [1.82, 2.24) is 0 Å². The maximum absolute atomic E-state index is 12.9. The van der Waals surface area contributed by atoms with Crippen molar-refractivity contribution >= 4 is 16.4 Å². The molecule has 0 aromatic carbocycles. The minimum Gasteiger partial charge on any atom is -0.457 e. The number of carbonyl (C=O) groups is 1. The number of hydrogen-bond acceptors (Lipinski definition) is 11. The molecule has 0 spiro atoms. The first-order valence-corrected chi connectivity index (χ1v) is 28.0. The van der Waals surface area contributed by atoms with Crippen LogP contribution in [0.15, 0.2) is 146 Å². The molecule has 1 heterocycles. The van der Waals surface area contributed by atoms with E-state index in [4.69, 9.17) is 18.9 Å².